The van der Waals surface area contributed by atoms with Gasteiger partial charge in [-0.1, -0.05) is 24.3 Å². The predicted octanol–water partition coefficient (Wildman–Crippen LogP) is 3.09. The molecule has 1 aliphatic heterocycles. The monoisotopic (exact) mass is 468 g/mol. The summed E-state index contributed by atoms with van der Waals surface area (Å²) in [4.78, 5) is 48.6. The third-order valence-corrected chi connectivity index (χ3v) is 5.98. The van der Waals surface area contributed by atoms with Gasteiger partial charge >= 0.3 is 0 Å². The molecule has 2 heterocycles. The van der Waals surface area contributed by atoms with Crippen molar-refractivity contribution in [3.8, 4) is 0 Å². The molecule has 0 saturated carbocycles. The first-order valence-electron chi connectivity index (χ1n) is 9.79. The zero-order valence-electron chi connectivity index (χ0n) is 16.5. The average Bonchev–Trinajstić information content (AvgIpc) is 3.13. The smallest absolute Gasteiger partial charge is 0.258 e. The van der Waals surface area contributed by atoms with Crippen LogP contribution in [0.5, 0.6) is 0 Å². The fourth-order valence-electron chi connectivity index (χ4n) is 3.77. The zero-order valence-corrected chi connectivity index (χ0v) is 18.1. The minimum Gasteiger partial charge on any atom is -0.335 e. The Morgan fingerprint density at radius 1 is 1.20 bits per heavy atom. The van der Waals surface area contributed by atoms with Gasteiger partial charge in [0, 0.05) is 24.0 Å². The number of aromatic amines is 1. The lowest BCUT2D eigenvalue weighted by Crippen LogP contribution is -2.37. The van der Waals surface area contributed by atoms with E-state index in [0.717, 1.165) is 10.2 Å². The Kier molecular flexibility index (Phi) is 5.67. The fourth-order valence-corrected chi connectivity index (χ4v) is 4.27. The van der Waals surface area contributed by atoms with Gasteiger partial charge in [-0.15, -0.1) is 0 Å². The molecule has 1 saturated heterocycles. The van der Waals surface area contributed by atoms with E-state index in [0.29, 0.717) is 29.8 Å². The van der Waals surface area contributed by atoms with Gasteiger partial charge in [0.15, 0.2) is 0 Å². The molecule has 1 fully saturated rings. The quantitative estimate of drug-likeness (QED) is 0.623. The van der Waals surface area contributed by atoms with E-state index in [9.17, 15) is 14.4 Å². The first-order chi connectivity index (χ1) is 14.5. The van der Waals surface area contributed by atoms with E-state index in [1.165, 1.54) is 0 Å². The molecule has 4 rings (SSSR count). The van der Waals surface area contributed by atoms with Crippen molar-refractivity contribution >= 4 is 44.3 Å². The van der Waals surface area contributed by atoms with Gasteiger partial charge in [-0.2, -0.15) is 0 Å². The molecule has 0 bridgehead atoms. The minimum absolute atomic E-state index is 0.0754. The summed E-state index contributed by atoms with van der Waals surface area (Å²) in [6.07, 6.45) is 0.165. The Morgan fingerprint density at radius 2 is 1.93 bits per heavy atom. The summed E-state index contributed by atoms with van der Waals surface area (Å²) in [6, 6.07) is 14.6. The molecular weight excluding hydrogens is 448 g/mol. The number of fused-ring (bicyclic) bond motifs is 1. The fraction of sp³-hybridized carbons (Fsp3) is 0.273. The molecule has 0 spiro atoms. The highest BCUT2D eigenvalue weighted by Gasteiger charge is 2.37. The molecular formula is C22H21BrN4O3. The third kappa shape index (κ3) is 3.87. The number of carbonyl (C=O) groups is 2. The second kappa shape index (κ2) is 8.39. The lowest BCUT2D eigenvalue weighted by Gasteiger charge is -2.24. The highest BCUT2D eigenvalue weighted by Crippen LogP contribution is 2.32. The second-order valence-electron chi connectivity index (χ2n) is 7.24. The normalized spacial score (nSPS) is 16.3. The number of H-pyrrole nitrogens is 1. The van der Waals surface area contributed by atoms with E-state index in [-0.39, 0.29) is 30.3 Å². The summed E-state index contributed by atoms with van der Waals surface area (Å²) in [5.74, 6) is -0.192. The van der Waals surface area contributed by atoms with Crippen LogP contribution >= 0.6 is 15.9 Å². The number of hydrogen-bond donors (Lipinski definition) is 1. The van der Waals surface area contributed by atoms with E-state index >= 15 is 0 Å². The Hall–Kier alpha value is -3.00. The Bertz CT molecular complexity index is 1180. The van der Waals surface area contributed by atoms with E-state index in [1.807, 2.05) is 37.3 Å². The molecule has 0 aliphatic carbocycles. The van der Waals surface area contributed by atoms with Crippen LogP contribution in [0, 0.1) is 5.92 Å². The number of amides is 2. The molecule has 0 radical (unpaired) electrons. The molecule has 3 aromatic rings. The number of hydrogen-bond acceptors (Lipinski definition) is 4. The van der Waals surface area contributed by atoms with Crippen LogP contribution in [0.15, 0.2) is 57.8 Å². The number of benzene rings is 2. The molecule has 1 N–H and O–H groups in total. The molecule has 2 amide bonds. The SMILES string of the molecule is CCN(Cc1nc2ccccc2c(=O)[nH]1)C(=O)C1CC(=O)N(c2ccccc2Br)C1. The molecule has 1 aliphatic rings. The lowest BCUT2D eigenvalue weighted by atomic mass is 10.1. The zero-order chi connectivity index (χ0) is 21.3. The van der Waals surface area contributed by atoms with Crippen LogP contribution in [-0.2, 0) is 16.1 Å². The van der Waals surface area contributed by atoms with Crippen molar-refractivity contribution in [3.63, 3.8) is 0 Å². The summed E-state index contributed by atoms with van der Waals surface area (Å²) in [5, 5.41) is 0.515. The van der Waals surface area contributed by atoms with Gasteiger partial charge in [-0.25, -0.2) is 4.98 Å². The molecule has 30 heavy (non-hydrogen) atoms. The summed E-state index contributed by atoms with van der Waals surface area (Å²) in [5.41, 5.74) is 1.13. The Balaban J connectivity index is 1.53. The van der Waals surface area contributed by atoms with E-state index in [4.69, 9.17) is 0 Å². The average molecular weight is 469 g/mol. The summed E-state index contributed by atoms with van der Waals surface area (Å²) in [7, 11) is 0. The van der Waals surface area contributed by atoms with Crippen LogP contribution < -0.4 is 10.5 Å². The molecule has 1 unspecified atom stereocenters. The van der Waals surface area contributed by atoms with Crippen LogP contribution in [0.25, 0.3) is 10.9 Å². The van der Waals surface area contributed by atoms with Crippen LogP contribution in [0.3, 0.4) is 0 Å². The molecule has 1 aromatic heterocycles. The summed E-state index contributed by atoms with van der Waals surface area (Å²) >= 11 is 3.47. The topological polar surface area (TPSA) is 86.4 Å². The molecule has 1 atom stereocenters. The maximum Gasteiger partial charge on any atom is 0.258 e. The number of nitrogens with one attached hydrogen (secondary N) is 1. The van der Waals surface area contributed by atoms with E-state index < -0.39 is 5.92 Å². The van der Waals surface area contributed by atoms with Crippen LogP contribution in [-0.4, -0.2) is 39.8 Å². The number of nitrogens with zero attached hydrogens (tertiary/aromatic N) is 3. The summed E-state index contributed by atoms with van der Waals surface area (Å²) < 4.78 is 0.816. The maximum absolute atomic E-state index is 13.2. The molecule has 2 aromatic carbocycles. The Labute approximate surface area is 181 Å². The largest absolute Gasteiger partial charge is 0.335 e. The second-order valence-corrected chi connectivity index (χ2v) is 8.09. The van der Waals surface area contributed by atoms with Crippen molar-refractivity contribution < 1.29 is 9.59 Å². The standard InChI is InChI=1S/C22H21BrN4O3/c1-2-26(13-19-24-17-9-5-3-7-15(17)21(29)25-19)22(30)14-11-20(28)27(12-14)18-10-6-4-8-16(18)23/h3-10,14H,2,11-13H2,1H3,(H,24,25,29). The van der Waals surface area contributed by atoms with Crippen molar-refractivity contribution in [1.82, 2.24) is 14.9 Å². The number of carbonyl (C=O) groups excluding carboxylic acids is 2. The highest BCUT2D eigenvalue weighted by atomic mass is 79.9. The van der Waals surface area contributed by atoms with Gasteiger partial charge in [0.05, 0.1) is 29.1 Å². The van der Waals surface area contributed by atoms with Crippen molar-refractivity contribution in [1.29, 1.82) is 0 Å². The maximum atomic E-state index is 13.2. The van der Waals surface area contributed by atoms with Crippen molar-refractivity contribution in [2.75, 3.05) is 18.0 Å². The lowest BCUT2D eigenvalue weighted by molar-refractivity contribution is -0.136. The third-order valence-electron chi connectivity index (χ3n) is 5.31. The first kappa shape index (κ1) is 20.3. The number of anilines is 1. The van der Waals surface area contributed by atoms with Crippen LogP contribution in [0.1, 0.15) is 19.2 Å². The van der Waals surface area contributed by atoms with Crippen molar-refractivity contribution in [2.45, 2.75) is 19.9 Å². The Morgan fingerprint density at radius 3 is 2.70 bits per heavy atom. The van der Waals surface area contributed by atoms with Crippen LogP contribution in [0.4, 0.5) is 5.69 Å². The van der Waals surface area contributed by atoms with Gasteiger partial charge in [-0.05, 0) is 47.1 Å². The highest BCUT2D eigenvalue weighted by molar-refractivity contribution is 9.10. The number of rotatable bonds is 5. The minimum atomic E-state index is -0.434. The number of aromatic nitrogens is 2. The van der Waals surface area contributed by atoms with Gasteiger partial charge in [0.1, 0.15) is 5.82 Å². The number of para-hydroxylation sites is 2. The van der Waals surface area contributed by atoms with E-state index in [1.54, 1.807) is 28.0 Å². The summed E-state index contributed by atoms with van der Waals surface area (Å²) in [6.45, 7) is 2.85. The molecule has 154 valence electrons. The van der Waals surface area contributed by atoms with Gasteiger partial charge in [-0.3, -0.25) is 14.4 Å². The van der Waals surface area contributed by atoms with Crippen LogP contribution in [0.2, 0.25) is 0 Å². The van der Waals surface area contributed by atoms with Gasteiger partial charge in [0.2, 0.25) is 11.8 Å². The van der Waals surface area contributed by atoms with Gasteiger partial charge < -0.3 is 14.8 Å². The number of halogens is 1. The first-order valence-corrected chi connectivity index (χ1v) is 10.6. The van der Waals surface area contributed by atoms with Crippen molar-refractivity contribution in [2.24, 2.45) is 5.92 Å². The predicted molar refractivity (Wildman–Crippen MR) is 118 cm³/mol. The van der Waals surface area contributed by atoms with E-state index in [2.05, 4.69) is 25.9 Å². The molecule has 8 heteroatoms. The van der Waals surface area contributed by atoms with Gasteiger partial charge in [0.25, 0.3) is 5.56 Å². The molecule has 7 nitrogen and oxygen atoms in total. The van der Waals surface area contributed by atoms with Crippen molar-refractivity contribution in [3.05, 3.63) is 69.2 Å².